The highest BCUT2D eigenvalue weighted by molar-refractivity contribution is 6.30. The summed E-state index contributed by atoms with van der Waals surface area (Å²) in [5.74, 6) is 1.25. The van der Waals surface area contributed by atoms with Gasteiger partial charge in [0.05, 0.1) is 0 Å². The summed E-state index contributed by atoms with van der Waals surface area (Å²) in [5.41, 5.74) is 1.35. The Labute approximate surface area is 104 Å². The molecule has 16 heavy (non-hydrogen) atoms. The maximum absolute atomic E-state index is 6.05. The molecule has 1 aromatic rings. The van der Waals surface area contributed by atoms with E-state index in [4.69, 9.17) is 11.6 Å². The lowest BCUT2D eigenvalue weighted by Crippen LogP contribution is -2.22. The van der Waals surface area contributed by atoms with Crippen molar-refractivity contribution in [1.82, 2.24) is 5.32 Å². The Morgan fingerprint density at radius 2 is 2.12 bits per heavy atom. The first-order valence-electron chi connectivity index (χ1n) is 6.09. The van der Waals surface area contributed by atoms with Crippen molar-refractivity contribution in [2.45, 2.75) is 32.6 Å². The molecule has 0 aromatic heterocycles. The maximum atomic E-state index is 6.05. The van der Waals surface area contributed by atoms with E-state index in [1.54, 1.807) is 0 Å². The summed E-state index contributed by atoms with van der Waals surface area (Å²) in [6.45, 7) is 5.58. The average Bonchev–Trinajstić information content (AvgIpc) is 2.26. The molecule has 0 aliphatic heterocycles. The van der Waals surface area contributed by atoms with Gasteiger partial charge in [0.15, 0.2) is 0 Å². The molecule has 0 bridgehead atoms. The zero-order valence-corrected chi connectivity index (χ0v) is 11.2. The minimum atomic E-state index is 0.559. The summed E-state index contributed by atoms with van der Waals surface area (Å²) in [5, 5.41) is 4.12. The quantitative estimate of drug-likeness (QED) is 0.789. The van der Waals surface area contributed by atoms with Gasteiger partial charge in [-0.1, -0.05) is 50.4 Å². The van der Waals surface area contributed by atoms with Crippen LogP contribution in [0, 0.1) is 5.92 Å². The van der Waals surface area contributed by atoms with Crippen molar-refractivity contribution in [3.8, 4) is 0 Å². The van der Waals surface area contributed by atoms with Crippen molar-refractivity contribution in [3.63, 3.8) is 0 Å². The first-order chi connectivity index (χ1) is 7.69. The Hall–Kier alpha value is -0.530. The largest absolute Gasteiger partial charge is 0.319 e. The van der Waals surface area contributed by atoms with Crippen molar-refractivity contribution in [2.75, 3.05) is 13.6 Å². The van der Waals surface area contributed by atoms with Crippen LogP contribution < -0.4 is 5.32 Å². The van der Waals surface area contributed by atoms with Crippen molar-refractivity contribution >= 4 is 11.6 Å². The average molecular weight is 240 g/mol. The van der Waals surface area contributed by atoms with Crippen LogP contribution in [0.25, 0.3) is 0 Å². The number of hydrogen-bond acceptors (Lipinski definition) is 1. The summed E-state index contributed by atoms with van der Waals surface area (Å²) >= 11 is 6.05. The Kier molecular flexibility index (Phi) is 5.86. The van der Waals surface area contributed by atoms with Crippen LogP contribution in [0.3, 0.4) is 0 Å². The number of halogens is 1. The van der Waals surface area contributed by atoms with E-state index >= 15 is 0 Å². The highest BCUT2D eigenvalue weighted by atomic mass is 35.5. The third kappa shape index (κ3) is 3.80. The van der Waals surface area contributed by atoms with Gasteiger partial charge in [-0.2, -0.15) is 0 Å². The second-order valence-electron chi connectivity index (χ2n) is 4.49. The summed E-state index contributed by atoms with van der Waals surface area (Å²) in [6, 6.07) is 8.25. The summed E-state index contributed by atoms with van der Waals surface area (Å²) < 4.78 is 0. The molecule has 0 aliphatic carbocycles. The van der Waals surface area contributed by atoms with E-state index in [1.165, 1.54) is 18.4 Å². The van der Waals surface area contributed by atoms with Gasteiger partial charge in [-0.3, -0.25) is 0 Å². The second-order valence-corrected chi connectivity index (χ2v) is 4.92. The monoisotopic (exact) mass is 239 g/mol. The molecule has 0 fully saturated rings. The third-order valence-corrected chi connectivity index (χ3v) is 3.37. The Balaban J connectivity index is 2.83. The van der Waals surface area contributed by atoms with E-state index in [0.717, 1.165) is 11.6 Å². The number of benzene rings is 1. The molecule has 0 saturated heterocycles. The fourth-order valence-electron chi connectivity index (χ4n) is 2.26. The zero-order valence-electron chi connectivity index (χ0n) is 10.5. The minimum Gasteiger partial charge on any atom is -0.319 e. The van der Waals surface area contributed by atoms with Gasteiger partial charge in [0.1, 0.15) is 0 Å². The van der Waals surface area contributed by atoms with Crippen molar-refractivity contribution in [3.05, 3.63) is 34.9 Å². The molecule has 2 atom stereocenters. The van der Waals surface area contributed by atoms with Crippen molar-refractivity contribution in [1.29, 1.82) is 0 Å². The van der Waals surface area contributed by atoms with Gasteiger partial charge >= 0.3 is 0 Å². The van der Waals surface area contributed by atoms with Crippen LogP contribution in [-0.2, 0) is 0 Å². The Morgan fingerprint density at radius 1 is 1.38 bits per heavy atom. The van der Waals surface area contributed by atoms with Gasteiger partial charge < -0.3 is 5.32 Å². The van der Waals surface area contributed by atoms with E-state index in [9.17, 15) is 0 Å². The van der Waals surface area contributed by atoms with Crippen molar-refractivity contribution in [2.24, 2.45) is 5.92 Å². The summed E-state index contributed by atoms with van der Waals surface area (Å²) in [7, 11) is 2.01. The van der Waals surface area contributed by atoms with Crippen molar-refractivity contribution < 1.29 is 0 Å². The molecule has 1 rings (SSSR count). The predicted octanol–water partition coefficient (Wildman–Crippen LogP) is 4.08. The van der Waals surface area contributed by atoms with E-state index in [-0.39, 0.29) is 0 Å². The van der Waals surface area contributed by atoms with Crippen LogP contribution in [0.2, 0.25) is 5.02 Å². The second kappa shape index (κ2) is 6.93. The third-order valence-electron chi connectivity index (χ3n) is 3.13. The van der Waals surface area contributed by atoms with E-state index in [1.807, 2.05) is 19.2 Å². The van der Waals surface area contributed by atoms with E-state index < -0.39 is 0 Å². The smallest absolute Gasteiger partial charge is 0.0408 e. The first-order valence-corrected chi connectivity index (χ1v) is 6.46. The predicted molar refractivity (Wildman–Crippen MR) is 72.2 cm³/mol. The lowest BCUT2D eigenvalue weighted by atomic mass is 9.84. The van der Waals surface area contributed by atoms with Gasteiger partial charge in [-0.25, -0.2) is 0 Å². The number of nitrogens with one attached hydrogen (secondary N) is 1. The SMILES string of the molecule is CCCC(C)C(CNC)c1cccc(Cl)c1. The summed E-state index contributed by atoms with van der Waals surface area (Å²) in [6.07, 6.45) is 2.50. The normalized spacial score (nSPS) is 14.8. The van der Waals surface area contributed by atoms with Gasteiger partial charge in [0.2, 0.25) is 0 Å². The van der Waals surface area contributed by atoms with Crippen LogP contribution in [0.5, 0.6) is 0 Å². The number of rotatable bonds is 6. The molecule has 2 unspecified atom stereocenters. The minimum absolute atomic E-state index is 0.559. The molecule has 1 N–H and O–H groups in total. The Morgan fingerprint density at radius 3 is 2.69 bits per heavy atom. The van der Waals surface area contributed by atoms with Gasteiger partial charge in [-0.05, 0) is 36.6 Å². The first kappa shape index (κ1) is 13.5. The highest BCUT2D eigenvalue weighted by Crippen LogP contribution is 2.28. The van der Waals surface area contributed by atoms with Gasteiger partial charge in [0, 0.05) is 11.6 Å². The lowest BCUT2D eigenvalue weighted by molar-refractivity contribution is 0.413. The maximum Gasteiger partial charge on any atom is 0.0408 e. The van der Waals surface area contributed by atoms with E-state index in [2.05, 4.69) is 31.3 Å². The molecule has 0 amide bonds. The molecule has 2 heteroatoms. The molecule has 0 saturated carbocycles. The molecule has 1 aromatic carbocycles. The molecular weight excluding hydrogens is 218 g/mol. The fraction of sp³-hybridized carbons (Fsp3) is 0.571. The lowest BCUT2D eigenvalue weighted by Gasteiger charge is -2.24. The number of likely N-dealkylation sites (N-methyl/N-ethyl adjacent to an activating group) is 1. The van der Waals surface area contributed by atoms with Crippen LogP contribution in [0.1, 0.15) is 38.2 Å². The van der Waals surface area contributed by atoms with E-state index in [0.29, 0.717) is 11.8 Å². The standard InChI is InChI=1S/C14H22ClN/c1-4-6-11(2)14(10-16-3)12-7-5-8-13(15)9-12/h5,7-9,11,14,16H,4,6,10H2,1-3H3. The molecule has 1 nitrogen and oxygen atoms in total. The van der Waals surface area contributed by atoms with Crippen LogP contribution in [0.15, 0.2) is 24.3 Å². The van der Waals surface area contributed by atoms with Crippen LogP contribution >= 0.6 is 11.6 Å². The molecule has 0 aliphatic rings. The fourth-order valence-corrected chi connectivity index (χ4v) is 2.46. The van der Waals surface area contributed by atoms with Crippen LogP contribution in [-0.4, -0.2) is 13.6 Å². The topological polar surface area (TPSA) is 12.0 Å². The van der Waals surface area contributed by atoms with Crippen LogP contribution in [0.4, 0.5) is 0 Å². The summed E-state index contributed by atoms with van der Waals surface area (Å²) in [4.78, 5) is 0. The number of hydrogen-bond donors (Lipinski definition) is 1. The Bertz CT molecular complexity index is 311. The highest BCUT2D eigenvalue weighted by Gasteiger charge is 2.17. The van der Waals surface area contributed by atoms with Gasteiger partial charge in [0.25, 0.3) is 0 Å². The molecule has 0 radical (unpaired) electrons. The molecule has 0 heterocycles. The molecular formula is C14H22ClN. The molecule has 0 spiro atoms. The zero-order chi connectivity index (χ0) is 12.0. The van der Waals surface area contributed by atoms with Gasteiger partial charge in [-0.15, -0.1) is 0 Å². The molecule has 90 valence electrons.